The first-order valence-corrected chi connectivity index (χ1v) is 7.17. The first kappa shape index (κ1) is 15.1. The zero-order valence-corrected chi connectivity index (χ0v) is 12.4. The SMILES string of the molecule is CCCCCC1N(Cl)C(=O)C(CC)(CC)N1Cl. The lowest BCUT2D eigenvalue weighted by Gasteiger charge is -2.30. The average Bonchev–Trinajstić information content (AvgIpc) is 2.52. The van der Waals surface area contributed by atoms with Crippen molar-refractivity contribution in [3.05, 3.63) is 0 Å². The van der Waals surface area contributed by atoms with Crippen molar-refractivity contribution in [1.29, 1.82) is 0 Å². The smallest absolute Gasteiger partial charge is 0.260 e. The number of rotatable bonds is 6. The van der Waals surface area contributed by atoms with Crippen molar-refractivity contribution in [1.82, 2.24) is 8.84 Å². The molecule has 0 radical (unpaired) electrons. The first-order chi connectivity index (χ1) is 8.05. The van der Waals surface area contributed by atoms with E-state index in [-0.39, 0.29) is 12.1 Å². The summed E-state index contributed by atoms with van der Waals surface area (Å²) in [4.78, 5) is 12.2. The van der Waals surface area contributed by atoms with Gasteiger partial charge >= 0.3 is 0 Å². The lowest BCUT2D eigenvalue weighted by molar-refractivity contribution is -0.130. The molecule has 1 amide bonds. The van der Waals surface area contributed by atoms with Crippen LogP contribution in [0.3, 0.4) is 0 Å². The summed E-state index contributed by atoms with van der Waals surface area (Å²) in [5, 5.41) is 0. The van der Waals surface area contributed by atoms with Gasteiger partial charge in [0.15, 0.2) is 0 Å². The molecule has 0 saturated carbocycles. The lowest BCUT2D eigenvalue weighted by atomic mass is 9.93. The zero-order valence-electron chi connectivity index (χ0n) is 10.9. The van der Waals surface area contributed by atoms with Crippen molar-refractivity contribution in [2.24, 2.45) is 0 Å². The summed E-state index contributed by atoms with van der Waals surface area (Å²) in [5.41, 5.74) is -0.611. The highest BCUT2D eigenvalue weighted by molar-refractivity contribution is 6.26. The summed E-state index contributed by atoms with van der Waals surface area (Å²) in [7, 11) is 0. The maximum atomic E-state index is 12.2. The molecular formula is C12H22Cl2N2O. The maximum absolute atomic E-state index is 12.2. The highest BCUT2D eigenvalue weighted by Gasteiger charge is 2.54. The Labute approximate surface area is 114 Å². The summed E-state index contributed by atoms with van der Waals surface area (Å²) in [5.74, 6) is -0.0549. The highest BCUT2D eigenvalue weighted by atomic mass is 35.5. The Morgan fingerprint density at radius 1 is 1.18 bits per heavy atom. The standard InChI is InChI=1S/C12H22Cl2N2O/c1-4-7-8-9-10-15(13)11(17)12(5-2,6-3)16(10)14/h10H,4-9H2,1-3H3. The average molecular weight is 281 g/mol. The van der Waals surface area contributed by atoms with E-state index in [2.05, 4.69) is 6.92 Å². The third-order valence-corrected chi connectivity index (χ3v) is 4.69. The molecule has 0 aromatic heterocycles. The van der Waals surface area contributed by atoms with Crippen molar-refractivity contribution in [3.8, 4) is 0 Å². The third kappa shape index (κ3) is 2.56. The van der Waals surface area contributed by atoms with Crippen LogP contribution in [-0.2, 0) is 4.79 Å². The third-order valence-electron chi connectivity index (χ3n) is 3.76. The van der Waals surface area contributed by atoms with Crippen molar-refractivity contribution >= 4 is 29.5 Å². The molecule has 1 saturated heterocycles. The van der Waals surface area contributed by atoms with Gasteiger partial charge in [-0.2, -0.15) is 4.42 Å². The van der Waals surface area contributed by atoms with E-state index in [4.69, 9.17) is 23.6 Å². The molecule has 1 aliphatic heterocycles. The molecule has 0 aliphatic carbocycles. The fourth-order valence-corrected chi connectivity index (χ4v) is 3.34. The molecule has 1 fully saturated rings. The van der Waals surface area contributed by atoms with Crippen LogP contribution >= 0.6 is 23.6 Å². The van der Waals surface area contributed by atoms with E-state index in [0.717, 1.165) is 25.7 Å². The van der Waals surface area contributed by atoms with Gasteiger partial charge in [-0.1, -0.05) is 33.6 Å². The van der Waals surface area contributed by atoms with Gasteiger partial charge in [-0.25, -0.2) is 4.42 Å². The molecule has 1 aliphatic rings. The Hall–Kier alpha value is 0.01000. The van der Waals surface area contributed by atoms with Crippen molar-refractivity contribution in [2.75, 3.05) is 0 Å². The Morgan fingerprint density at radius 3 is 2.18 bits per heavy atom. The summed E-state index contributed by atoms with van der Waals surface area (Å²) >= 11 is 12.5. The van der Waals surface area contributed by atoms with Crippen LogP contribution < -0.4 is 0 Å². The molecule has 0 bridgehead atoms. The van der Waals surface area contributed by atoms with E-state index in [1.165, 1.54) is 4.42 Å². The number of unbranched alkanes of at least 4 members (excludes halogenated alkanes) is 2. The normalized spacial score (nSPS) is 24.6. The highest BCUT2D eigenvalue weighted by Crippen LogP contribution is 2.40. The number of hydrogen-bond donors (Lipinski definition) is 0. The minimum Gasteiger partial charge on any atom is -0.271 e. The molecule has 5 heteroatoms. The largest absolute Gasteiger partial charge is 0.271 e. The molecule has 1 heterocycles. The van der Waals surface area contributed by atoms with Crippen LogP contribution in [0.2, 0.25) is 0 Å². The Morgan fingerprint density at radius 2 is 1.76 bits per heavy atom. The van der Waals surface area contributed by atoms with Gasteiger partial charge in [0.2, 0.25) is 0 Å². The molecule has 0 aromatic carbocycles. The topological polar surface area (TPSA) is 23.6 Å². The predicted octanol–water partition coefficient (Wildman–Crippen LogP) is 3.90. The van der Waals surface area contributed by atoms with Crippen molar-refractivity contribution in [2.45, 2.75) is 71.0 Å². The second kappa shape index (κ2) is 6.26. The summed E-state index contributed by atoms with van der Waals surface area (Å²) in [6, 6.07) is 0. The number of carbonyl (C=O) groups excluding carboxylic acids is 1. The van der Waals surface area contributed by atoms with Crippen LogP contribution in [0.1, 0.15) is 59.3 Å². The predicted molar refractivity (Wildman–Crippen MR) is 71.6 cm³/mol. The van der Waals surface area contributed by atoms with Crippen LogP contribution in [0.15, 0.2) is 0 Å². The number of halogens is 2. The van der Waals surface area contributed by atoms with Crippen molar-refractivity contribution in [3.63, 3.8) is 0 Å². The Kier molecular flexibility index (Phi) is 5.55. The maximum Gasteiger partial charge on any atom is 0.260 e. The van der Waals surface area contributed by atoms with Gasteiger partial charge in [0.05, 0.1) is 0 Å². The van der Waals surface area contributed by atoms with Crippen LogP contribution in [-0.4, -0.2) is 26.4 Å². The van der Waals surface area contributed by atoms with E-state index in [1.807, 2.05) is 13.8 Å². The molecule has 17 heavy (non-hydrogen) atoms. The van der Waals surface area contributed by atoms with E-state index in [1.54, 1.807) is 4.42 Å². The molecule has 0 spiro atoms. The van der Waals surface area contributed by atoms with Crippen LogP contribution in [0.25, 0.3) is 0 Å². The second-order valence-corrected chi connectivity index (χ2v) is 5.37. The number of amides is 1. The zero-order chi connectivity index (χ0) is 13.1. The van der Waals surface area contributed by atoms with Gasteiger partial charge in [0.25, 0.3) is 5.91 Å². The van der Waals surface area contributed by atoms with Gasteiger partial charge in [-0.05, 0) is 37.5 Å². The van der Waals surface area contributed by atoms with E-state index in [9.17, 15) is 4.79 Å². The van der Waals surface area contributed by atoms with Gasteiger partial charge in [-0.3, -0.25) is 4.79 Å². The van der Waals surface area contributed by atoms with Crippen LogP contribution in [0, 0.1) is 0 Å². The molecule has 1 rings (SSSR count). The molecule has 100 valence electrons. The fourth-order valence-electron chi connectivity index (χ4n) is 2.46. The Bertz CT molecular complexity index is 269. The summed E-state index contributed by atoms with van der Waals surface area (Å²) in [6.07, 6.45) is 5.40. The van der Waals surface area contributed by atoms with Gasteiger partial charge in [0, 0.05) is 11.8 Å². The summed E-state index contributed by atoms with van der Waals surface area (Å²) in [6.45, 7) is 6.12. The molecule has 0 N–H and O–H groups in total. The van der Waals surface area contributed by atoms with Crippen LogP contribution in [0.5, 0.6) is 0 Å². The van der Waals surface area contributed by atoms with Crippen molar-refractivity contribution < 1.29 is 4.79 Å². The van der Waals surface area contributed by atoms with Gasteiger partial charge < -0.3 is 0 Å². The molecule has 1 unspecified atom stereocenters. The number of carbonyl (C=O) groups is 1. The van der Waals surface area contributed by atoms with Gasteiger partial charge in [-0.15, -0.1) is 0 Å². The fraction of sp³-hybridized carbons (Fsp3) is 0.917. The monoisotopic (exact) mass is 280 g/mol. The minimum absolute atomic E-state index is 0.0549. The van der Waals surface area contributed by atoms with Gasteiger partial charge in [0.1, 0.15) is 11.7 Å². The molecule has 1 atom stereocenters. The van der Waals surface area contributed by atoms with E-state index >= 15 is 0 Å². The number of hydrogen-bond acceptors (Lipinski definition) is 2. The minimum atomic E-state index is -0.611. The Balaban J connectivity index is 2.78. The second-order valence-electron chi connectivity index (χ2n) is 4.64. The quantitative estimate of drug-likeness (QED) is 0.544. The summed E-state index contributed by atoms with van der Waals surface area (Å²) < 4.78 is 2.95. The first-order valence-electron chi connectivity index (χ1n) is 6.49. The lowest BCUT2D eigenvalue weighted by Crippen LogP contribution is -2.44. The van der Waals surface area contributed by atoms with E-state index in [0.29, 0.717) is 12.8 Å². The van der Waals surface area contributed by atoms with E-state index < -0.39 is 5.54 Å². The number of nitrogens with zero attached hydrogens (tertiary/aromatic N) is 2. The molecule has 3 nitrogen and oxygen atoms in total. The molecule has 0 aromatic rings. The molecular weight excluding hydrogens is 259 g/mol. The van der Waals surface area contributed by atoms with Crippen LogP contribution in [0.4, 0.5) is 0 Å².